The molecule has 0 aliphatic carbocycles. The molecule has 136 valence electrons. The summed E-state index contributed by atoms with van der Waals surface area (Å²) in [6.07, 6.45) is 5.00. The summed E-state index contributed by atoms with van der Waals surface area (Å²) in [5.74, 6) is -0.293. The van der Waals surface area contributed by atoms with E-state index in [-0.39, 0.29) is 18.2 Å². The Morgan fingerprint density at radius 2 is 1.92 bits per heavy atom. The van der Waals surface area contributed by atoms with Crippen LogP contribution >= 0.6 is 0 Å². The molecule has 1 aromatic carbocycles. The number of esters is 1. The van der Waals surface area contributed by atoms with Gasteiger partial charge in [-0.1, -0.05) is 12.1 Å². The van der Waals surface area contributed by atoms with Crippen LogP contribution in [0.25, 0.3) is 0 Å². The Labute approximate surface area is 152 Å². The molecule has 0 spiro atoms. The molecule has 0 atom stereocenters. The molecule has 2 heterocycles. The molecule has 1 N–H and O–H groups in total. The lowest BCUT2D eigenvalue weighted by atomic mass is 10.1. The largest absolute Gasteiger partial charge is 0.462 e. The molecule has 2 aromatic rings. The zero-order chi connectivity index (χ0) is 18.4. The number of benzene rings is 1. The van der Waals surface area contributed by atoms with Crippen molar-refractivity contribution in [2.24, 2.45) is 0 Å². The molecule has 7 nitrogen and oxygen atoms in total. The maximum Gasteiger partial charge on any atom is 0.340 e. The molecule has 3 rings (SSSR count). The van der Waals surface area contributed by atoms with E-state index in [0.29, 0.717) is 17.2 Å². The minimum atomic E-state index is -0.472. The molecule has 1 saturated heterocycles. The van der Waals surface area contributed by atoms with Crippen LogP contribution in [0.2, 0.25) is 0 Å². The number of aromatic nitrogens is 2. The van der Waals surface area contributed by atoms with Crippen LogP contribution in [0.3, 0.4) is 0 Å². The van der Waals surface area contributed by atoms with Gasteiger partial charge in [-0.15, -0.1) is 0 Å². The smallest absolute Gasteiger partial charge is 0.340 e. The Morgan fingerprint density at radius 3 is 2.69 bits per heavy atom. The van der Waals surface area contributed by atoms with Crippen molar-refractivity contribution in [3.63, 3.8) is 0 Å². The van der Waals surface area contributed by atoms with E-state index in [1.54, 1.807) is 43.5 Å². The van der Waals surface area contributed by atoms with E-state index < -0.39 is 5.97 Å². The van der Waals surface area contributed by atoms with Crippen molar-refractivity contribution in [1.82, 2.24) is 9.97 Å². The highest BCUT2D eigenvalue weighted by Gasteiger charge is 2.18. The fraction of sp³-hybridized carbons (Fsp3) is 0.368. The van der Waals surface area contributed by atoms with Gasteiger partial charge in [0.05, 0.1) is 17.9 Å². The van der Waals surface area contributed by atoms with Crippen molar-refractivity contribution in [1.29, 1.82) is 0 Å². The second kappa shape index (κ2) is 8.42. The Morgan fingerprint density at radius 1 is 1.15 bits per heavy atom. The summed E-state index contributed by atoms with van der Waals surface area (Å²) in [7, 11) is 0. The van der Waals surface area contributed by atoms with E-state index in [1.165, 1.54) is 6.42 Å². The zero-order valence-corrected chi connectivity index (χ0v) is 14.8. The van der Waals surface area contributed by atoms with Crippen LogP contribution in [0, 0.1) is 0 Å². The van der Waals surface area contributed by atoms with Gasteiger partial charge in [0.15, 0.2) is 0 Å². The van der Waals surface area contributed by atoms with Gasteiger partial charge in [-0.3, -0.25) is 4.79 Å². The predicted octanol–water partition coefficient (Wildman–Crippen LogP) is 2.90. The lowest BCUT2D eigenvalue weighted by molar-refractivity contribution is 0.0527. The predicted molar refractivity (Wildman–Crippen MR) is 98.4 cm³/mol. The third-order valence-corrected chi connectivity index (χ3v) is 4.19. The average Bonchev–Trinajstić information content (AvgIpc) is 2.69. The van der Waals surface area contributed by atoms with E-state index in [2.05, 4.69) is 20.2 Å². The number of hydrogen-bond acceptors (Lipinski definition) is 6. The van der Waals surface area contributed by atoms with Crippen LogP contribution in [0.4, 0.5) is 11.6 Å². The number of anilines is 2. The molecule has 26 heavy (non-hydrogen) atoms. The fourth-order valence-corrected chi connectivity index (χ4v) is 2.89. The number of carbonyl (C=O) groups excluding carboxylic acids is 2. The highest BCUT2D eigenvalue weighted by molar-refractivity contribution is 6.07. The molecule has 1 fully saturated rings. The van der Waals surface area contributed by atoms with Crippen molar-refractivity contribution < 1.29 is 14.3 Å². The third kappa shape index (κ3) is 4.17. The van der Waals surface area contributed by atoms with Gasteiger partial charge in [0.1, 0.15) is 5.69 Å². The summed E-state index contributed by atoms with van der Waals surface area (Å²) < 4.78 is 5.03. The third-order valence-electron chi connectivity index (χ3n) is 4.19. The van der Waals surface area contributed by atoms with E-state index in [0.717, 1.165) is 25.9 Å². The van der Waals surface area contributed by atoms with E-state index in [9.17, 15) is 9.59 Å². The summed E-state index contributed by atoms with van der Waals surface area (Å²) in [5.41, 5.74) is 0.973. The summed E-state index contributed by atoms with van der Waals surface area (Å²) in [5, 5.41) is 2.75. The number of hydrogen-bond donors (Lipinski definition) is 1. The van der Waals surface area contributed by atoms with Crippen LogP contribution in [-0.2, 0) is 4.74 Å². The number of rotatable bonds is 5. The summed E-state index contributed by atoms with van der Waals surface area (Å²) in [6.45, 7) is 3.81. The number of ether oxygens (including phenoxy) is 1. The lowest BCUT2D eigenvalue weighted by Gasteiger charge is -2.26. The number of para-hydroxylation sites is 1. The lowest BCUT2D eigenvalue weighted by Crippen LogP contribution is -2.31. The minimum Gasteiger partial charge on any atom is -0.462 e. The van der Waals surface area contributed by atoms with Crippen LogP contribution < -0.4 is 10.2 Å². The van der Waals surface area contributed by atoms with Gasteiger partial charge >= 0.3 is 5.97 Å². The van der Waals surface area contributed by atoms with E-state index in [4.69, 9.17) is 4.74 Å². The molecule has 0 bridgehead atoms. The SMILES string of the molecule is CCOC(=O)c1ccccc1NC(=O)c1ccnc(N2CCCCC2)n1. The molecule has 0 radical (unpaired) electrons. The van der Waals surface area contributed by atoms with Gasteiger partial charge in [0.25, 0.3) is 5.91 Å². The van der Waals surface area contributed by atoms with Gasteiger partial charge in [-0.05, 0) is 44.4 Å². The molecule has 0 saturated carbocycles. The Hall–Kier alpha value is -2.96. The van der Waals surface area contributed by atoms with Crippen molar-refractivity contribution in [3.8, 4) is 0 Å². The average molecular weight is 354 g/mol. The number of piperidine rings is 1. The first-order valence-corrected chi connectivity index (χ1v) is 8.84. The van der Waals surface area contributed by atoms with Crippen molar-refractivity contribution in [2.45, 2.75) is 26.2 Å². The monoisotopic (exact) mass is 354 g/mol. The summed E-state index contributed by atoms with van der Waals surface area (Å²) >= 11 is 0. The van der Waals surface area contributed by atoms with Gasteiger partial charge in [0.2, 0.25) is 5.95 Å². The maximum absolute atomic E-state index is 12.6. The number of carbonyl (C=O) groups is 2. The van der Waals surface area contributed by atoms with Gasteiger partial charge in [-0.2, -0.15) is 0 Å². The molecule has 1 aromatic heterocycles. The van der Waals surface area contributed by atoms with Gasteiger partial charge in [-0.25, -0.2) is 14.8 Å². The van der Waals surface area contributed by atoms with E-state index in [1.807, 2.05) is 0 Å². The minimum absolute atomic E-state index is 0.263. The quantitative estimate of drug-likeness (QED) is 0.831. The van der Waals surface area contributed by atoms with Crippen LogP contribution in [0.5, 0.6) is 0 Å². The van der Waals surface area contributed by atoms with Gasteiger partial charge in [0, 0.05) is 19.3 Å². The Bertz CT molecular complexity index is 788. The molecule has 1 aliphatic heterocycles. The Balaban J connectivity index is 1.77. The number of amides is 1. The second-order valence-corrected chi connectivity index (χ2v) is 6.01. The topological polar surface area (TPSA) is 84.4 Å². The molecule has 0 unspecified atom stereocenters. The molecule has 1 aliphatic rings. The van der Waals surface area contributed by atoms with Crippen LogP contribution in [-0.4, -0.2) is 41.5 Å². The Kier molecular flexibility index (Phi) is 5.78. The molecular weight excluding hydrogens is 332 g/mol. The first-order chi connectivity index (χ1) is 12.7. The number of nitrogens with zero attached hydrogens (tertiary/aromatic N) is 3. The first-order valence-electron chi connectivity index (χ1n) is 8.84. The van der Waals surface area contributed by atoms with Gasteiger partial charge < -0.3 is 15.0 Å². The van der Waals surface area contributed by atoms with Crippen LogP contribution in [0.15, 0.2) is 36.5 Å². The zero-order valence-electron chi connectivity index (χ0n) is 14.8. The van der Waals surface area contributed by atoms with E-state index >= 15 is 0 Å². The van der Waals surface area contributed by atoms with Crippen LogP contribution in [0.1, 0.15) is 47.0 Å². The highest BCUT2D eigenvalue weighted by atomic mass is 16.5. The highest BCUT2D eigenvalue weighted by Crippen LogP contribution is 2.19. The molecule has 1 amide bonds. The summed E-state index contributed by atoms with van der Waals surface area (Å²) in [4.78, 5) is 35.4. The first kappa shape index (κ1) is 17.8. The van der Waals surface area contributed by atoms with Crippen molar-refractivity contribution in [3.05, 3.63) is 47.8 Å². The van der Waals surface area contributed by atoms with Crippen molar-refractivity contribution >= 4 is 23.5 Å². The maximum atomic E-state index is 12.6. The molecular formula is C19H22N4O3. The number of nitrogens with one attached hydrogen (secondary N) is 1. The fourth-order valence-electron chi connectivity index (χ4n) is 2.89. The standard InChI is InChI=1S/C19H22N4O3/c1-2-26-18(25)14-8-4-5-9-15(14)21-17(24)16-10-11-20-19(22-16)23-12-6-3-7-13-23/h4-5,8-11H,2-3,6-7,12-13H2,1H3,(H,21,24). The summed E-state index contributed by atoms with van der Waals surface area (Å²) in [6, 6.07) is 8.32. The normalized spacial score (nSPS) is 14.0. The molecule has 7 heteroatoms. The second-order valence-electron chi connectivity index (χ2n) is 6.01. The van der Waals surface area contributed by atoms with Crippen molar-refractivity contribution in [2.75, 3.05) is 29.9 Å².